The van der Waals surface area contributed by atoms with Crippen molar-refractivity contribution in [1.29, 1.82) is 0 Å². The Hall–Kier alpha value is -1.80. The molecule has 104 valence electrons. The lowest BCUT2D eigenvalue weighted by Gasteiger charge is -2.12. The first kappa shape index (κ1) is 15.3. The van der Waals surface area contributed by atoms with Crippen molar-refractivity contribution in [2.24, 2.45) is 0 Å². The number of hydrogen-bond donors (Lipinski definition) is 1. The largest absolute Gasteiger partial charge is 0.490 e. The fourth-order valence-electron chi connectivity index (χ4n) is 1.48. The molecule has 0 aromatic heterocycles. The molecule has 0 saturated heterocycles. The highest BCUT2D eigenvalue weighted by molar-refractivity contribution is 5.43. The van der Waals surface area contributed by atoms with Gasteiger partial charge in [-0.2, -0.15) is 8.78 Å². The standard InChI is InChI=1S/C14H17F2NO2/c1-3-5-8-17-10-11-6-7-12(19-14(15)16)13(9-11)18-4-2/h6-7,9,14,17H,4,8,10H2,1-2H3. The monoisotopic (exact) mass is 269 g/mol. The molecule has 0 atom stereocenters. The van der Waals surface area contributed by atoms with Gasteiger partial charge in [-0.1, -0.05) is 12.0 Å². The Morgan fingerprint density at radius 1 is 1.32 bits per heavy atom. The van der Waals surface area contributed by atoms with Crippen LogP contribution in [-0.2, 0) is 6.54 Å². The zero-order valence-corrected chi connectivity index (χ0v) is 11.0. The van der Waals surface area contributed by atoms with Crippen molar-refractivity contribution in [1.82, 2.24) is 5.32 Å². The van der Waals surface area contributed by atoms with Gasteiger partial charge in [0.25, 0.3) is 0 Å². The van der Waals surface area contributed by atoms with Crippen LogP contribution in [0.15, 0.2) is 18.2 Å². The fourth-order valence-corrected chi connectivity index (χ4v) is 1.48. The Bertz CT molecular complexity index is 452. The van der Waals surface area contributed by atoms with E-state index in [1.165, 1.54) is 6.07 Å². The van der Waals surface area contributed by atoms with Crippen LogP contribution < -0.4 is 14.8 Å². The summed E-state index contributed by atoms with van der Waals surface area (Å²) < 4.78 is 34.1. The van der Waals surface area contributed by atoms with Crippen molar-refractivity contribution in [3.63, 3.8) is 0 Å². The minimum absolute atomic E-state index is 0.0500. The normalized spacial score (nSPS) is 9.95. The van der Waals surface area contributed by atoms with Crippen LogP contribution in [0.5, 0.6) is 11.5 Å². The van der Waals surface area contributed by atoms with Crippen molar-refractivity contribution in [3.8, 4) is 23.3 Å². The van der Waals surface area contributed by atoms with E-state index in [0.29, 0.717) is 25.4 Å². The molecule has 1 aromatic carbocycles. The Balaban J connectivity index is 2.73. The van der Waals surface area contributed by atoms with Gasteiger partial charge < -0.3 is 14.8 Å². The molecule has 0 saturated carbocycles. The molecule has 0 unspecified atom stereocenters. The summed E-state index contributed by atoms with van der Waals surface area (Å²) >= 11 is 0. The second-order valence-electron chi connectivity index (χ2n) is 3.62. The predicted molar refractivity (Wildman–Crippen MR) is 69.4 cm³/mol. The average molecular weight is 269 g/mol. The van der Waals surface area contributed by atoms with E-state index in [4.69, 9.17) is 4.74 Å². The third-order valence-corrected chi connectivity index (χ3v) is 2.24. The molecule has 3 nitrogen and oxygen atoms in total. The van der Waals surface area contributed by atoms with E-state index in [1.54, 1.807) is 26.0 Å². The van der Waals surface area contributed by atoms with Gasteiger partial charge in [0.2, 0.25) is 0 Å². The molecule has 0 aliphatic heterocycles. The van der Waals surface area contributed by atoms with Crippen molar-refractivity contribution in [2.75, 3.05) is 13.2 Å². The second kappa shape index (κ2) is 8.33. The zero-order chi connectivity index (χ0) is 14.1. The quantitative estimate of drug-likeness (QED) is 0.610. The molecule has 1 N–H and O–H groups in total. The molecule has 1 aromatic rings. The lowest BCUT2D eigenvalue weighted by Crippen LogP contribution is -2.13. The molecular formula is C14H17F2NO2. The minimum atomic E-state index is -2.86. The molecule has 0 amide bonds. The smallest absolute Gasteiger partial charge is 0.387 e. The van der Waals surface area contributed by atoms with E-state index in [1.807, 2.05) is 0 Å². The molecule has 0 aliphatic carbocycles. The molecule has 0 heterocycles. The Morgan fingerprint density at radius 3 is 2.74 bits per heavy atom. The SMILES string of the molecule is CC#CCNCc1ccc(OC(F)F)c(OCC)c1. The third-order valence-electron chi connectivity index (χ3n) is 2.24. The summed E-state index contributed by atoms with van der Waals surface area (Å²) in [4.78, 5) is 0. The lowest BCUT2D eigenvalue weighted by molar-refractivity contribution is -0.0514. The number of alkyl halides is 2. The van der Waals surface area contributed by atoms with E-state index >= 15 is 0 Å². The highest BCUT2D eigenvalue weighted by Gasteiger charge is 2.11. The van der Waals surface area contributed by atoms with Crippen LogP contribution in [0.4, 0.5) is 8.78 Å². The van der Waals surface area contributed by atoms with E-state index in [2.05, 4.69) is 21.9 Å². The summed E-state index contributed by atoms with van der Waals surface area (Å²) in [5.41, 5.74) is 0.919. The number of ether oxygens (including phenoxy) is 2. The number of rotatable bonds is 7. The number of benzene rings is 1. The molecule has 0 spiro atoms. The van der Waals surface area contributed by atoms with Gasteiger partial charge >= 0.3 is 6.61 Å². The van der Waals surface area contributed by atoms with E-state index < -0.39 is 6.61 Å². The van der Waals surface area contributed by atoms with Gasteiger partial charge in [0, 0.05) is 6.54 Å². The van der Waals surface area contributed by atoms with Crippen LogP contribution in [0.1, 0.15) is 19.4 Å². The van der Waals surface area contributed by atoms with E-state index in [-0.39, 0.29) is 5.75 Å². The van der Waals surface area contributed by atoms with E-state index in [0.717, 1.165) is 5.56 Å². The summed E-state index contributed by atoms with van der Waals surface area (Å²) in [5.74, 6) is 6.03. The third kappa shape index (κ3) is 5.58. The van der Waals surface area contributed by atoms with Gasteiger partial charge in [-0.3, -0.25) is 0 Å². The highest BCUT2D eigenvalue weighted by Crippen LogP contribution is 2.29. The van der Waals surface area contributed by atoms with Crippen LogP contribution in [0, 0.1) is 11.8 Å². The highest BCUT2D eigenvalue weighted by atomic mass is 19.3. The lowest BCUT2D eigenvalue weighted by atomic mass is 10.2. The van der Waals surface area contributed by atoms with Gasteiger partial charge in [-0.15, -0.1) is 5.92 Å². The topological polar surface area (TPSA) is 30.5 Å². The first-order valence-electron chi connectivity index (χ1n) is 5.98. The predicted octanol–water partition coefficient (Wildman–Crippen LogP) is 2.80. The first-order valence-corrected chi connectivity index (χ1v) is 5.98. The van der Waals surface area contributed by atoms with Gasteiger partial charge in [-0.05, 0) is 31.5 Å². The molecule has 0 fully saturated rings. The molecule has 5 heteroatoms. The summed E-state index contributed by atoms with van der Waals surface area (Å²) in [6.45, 7) is 2.25. The summed E-state index contributed by atoms with van der Waals surface area (Å²) in [6, 6.07) is 4.89. The van der Waals surface area contributed by atoms with Gasteiger partial charge in [0.15, 0.2) is 11.5 Å². The summed E-state index contributed by atoms with van der Waals surface area (Å²) in [6.07, 6.45) is 0. The van der Waals surface area contributed by atoms with Gasteiger partial charge in [0.05, 0.1) is 13.2 Å². The van der Waals surface area contributed by atoms with Crippen LogP contribution in [0.3, 0.4) is 0 Å². The zero-order valence-electron chi connectivity index (χ0n) is 11.0. The molecule has 0 aliphatic rings. The molecule has 0 bridgehead atoms. The first-order chi connectivity index (χ1) is 9.17. The summed E-state index contributed by atoms with van der Waals surface area (Å²) in [5, 5.41) is 3.11. The maximum atomic E-state index is 12.2. The Kier molecular flexibility index (Phi) is 6.69. The number of nitrogens with one attached hydrogen (secondary N) is 1. The van der Waals surface area contributed by atoms with Crippen molar-refractivity contribution >= 4 is 0 Å². The fraction of sp³-hybridized carbons (Fsp3) is 0.429. The Labute approximate surface area is 111 Å². The minimum Gasteiger partial charge on any atom is -0.490 e. The van der Waals surface area contributed by atoms with Crippen molar-refractivity contribution in [2.45, 2.75) is 27.0 Å². The average Bonchev–Trinajstić information content (AvgIpc) is 2.37. The van der Waals surface area contributed by atoms with Gasteiger partial charge in [-0.25, -0.2) is 0 Å². The van der Waals surface area contributed by atoms with Crippen molar-refractivity contribution in [3.05, 3.63) is 23.8 Å². The van der Waals surface area contributed by atoms with Crippen LogP contribution in [0.25, 0.3) is 0 Å². The van der Waals surface area contributed by atoms with Gasteiger partial charge in [0.1, 0.15) is 0 Å². The molecule has 19 heavy (non-hydrogen) atoms. The van der Waals surface area contributed by atoms with Crippen molar-refractivity contribution < 1.29 is 18.3 Å². The van der Waals surface area contributed by atoms with Crippen LogP contribution >= 0.6 is 0 Å². The maximum absolute atomic E-state index is 12.2. The van der Waals surface area contributed by atoms with Crippen LogP contribution in [0.2, 0.25) is 0 Å². The molecule has 0 radical (unpaired) electrons. The Morgan fingerprint density at radius 2 is 2.11 bits per heavy atom. The summed E-state index contributed by atoms with van der Waals surface area (Å²) in [7, 11) is 0. The number of hydrogen-bond acceptors (Lipinski definition) is 3. The number of halogens is 2. The maximum Gasteiger partial charge on any atom is 0.387 e. The second-order valence-corrected chi connectivity index (χ2v) is 3.62. The molecule has 1 rings (SSSR count). The van der Waals surface area contributed by atoms with E-state index in [9.17, 15) is 8.78 Å². The molecular weight excluding hydrogens is 252 g/mol. The van der Waals surface area contributed by atoms with Crippen LogP contribution in [-0.4, -0.2) is 19.8 Å².